The largest absolute Gasteiger partial charge is 0.216 e. The second kappa shape index (κ2) is 6.63. The van der Waals surface area contributed by atoms with Crippen LogP contribution in [0.15, 0.2) is 54.6 Å². The third-order valence-electron chi connectivity index (χ3n) is 3.53. The second-order valence-corrected chi connectivity index (χ2v) is 8.06. The Hall–Kier alpha value is -1.65. The van der Waals surface area contributed by atoms with Crippen molar-refractivity contribution < 1.29 is 8.42 Å². The van der Waals surface area contributed by atoms with Crippen LogP contribution < -0.4 is 4.72 Å². The monoisotopic (exact) mass is 317 g/mol. The molecule has 118 valence electrons. The first-order chi connectivity index (χ1) is 10.3. The predicted molar refractivity (Wildman–Crippen MR) is 91.2 cm³/mol. The van der Waals surface area contributed by atoms with E-state index < -0.39 is 15.6 Å². The molecular formula is C18H23NO2S. The molecule has 0 fully saturated rings. The fourth-order valence-corrected chi connectivity index (χ4v) is 4.30. The molecule has 0 aliphatic heterocycles. The normalized spacial score (nSPS) is 12.3. The van der Waals surface area contributed by atoms with Crippen LogP contribution >= 0.6 is 0 Å². The van der Waals surface area contributed by atoms with E-state index in [2.05, 4.69) is 4.72 Å². The zero-order chi connectivity index (χ0) is 16.2. The average molecular weight is 317 g/mol. The van der Waals surface area contributed by atoms with Gasteiger partial charge in [0, 0.05) is 5.54 Å². The van der Waals surface area contributed by atoms with E-state index >= 15 is 0 Å². The summed E-state index contributed by atoms with van der Waals surface area (Å²) in [6, 6.07) is 17.5. The van der Waals surface area contributed by atoms with E-state index in [1.165, 1.54) is 0 Å². The lowest BCUT2D eigenvalue weighted by molar-refractivity contribution is 0.450. The Kier molecular flexibility index (Phi) is 5.04. The molecule has 3 nitrogen and oxygen atoms in total. The number of nitrogens with one attached hydrogen (secondary N) is 1. The number of hydrogen-bond donors (Lipinski definition) is 1. The zero-order valence-electron chi connectivity index (χ0n) is 13.3. The van der Waals surface area contributed by atoms with Gasteiger partial charge in [0.1, 0.15) is 0 Å². The van der Waals surface area contributed by atoms with E-state index in [4.69, 9.17) is 0 Å². The molecule has 0 saturated carbocycles. The van der Waals surface area contributed by atoms with Crippen LogP contribution in [0.4, 0.5) is 0 Å². The van der Waals surface area contributed by atoms with Crippen molar-refractivity contribution in [2.24, 2.45) is 0 Å². The molecule has 0 aliphatic carbocycles. The average Bonchev–Trinajstić information content (AvgIpc) is 2.40. The molecule has 0 aromatic heterocycles. The molecule has 2 aromatic rings. The second-order valence-electron chi connectivity index (χ2n) is 6.33. The number of hydrogen-bond acceptors (Lipinski definition) is 2. The van der Waals surface area contributed by atoms with Crippen molar-refractivity contribution in [1.29, 1.82) is 0 Å². The summed E-state index contributed by atoms with van der Waals surface area (Å²) >= 11 is 0. The quantitative estimate of drug-likeness (QED) is 0.887. The Morgan fingerprint density at radius 3 is 2.18 bits per heavy atom. The molecule has 0 saturated heterocycles. The van der Waals surface area contributed by atoms with Gasteiger partial charge in [0.2, 0.25) is 10.0 Å². The summed E-state index contributed by atoms with van der Waals surface area (Å²) in [5, 5.41) is 0. The molecule has 0 bridgehead atoms. The molecule has 0 atom stereocenters. The molecule has 0 heterocycles. The lowest BCUT2D eigenvalue weighted by Gasteiger charge is -2.26. The van der Waals surface area contributed by atoms with Crippen LogP contribution in [0.1, 0.15) is 30.5 Å². The fourth-order valence-electron chi connectivity index (χ4n) is 2.58. The first-order valence-electron chi connectivity index (χ1n) is 7.37. The summed E-state index contributed by atoms with van der Waals surface area (Å²) < 4.78 is 27.7. The molecule has 0 spiro atoms. The molecule has 0 amide bonds. The first kappa shape index (κ1) is 16.7. The van der Waals surface area contributed by atoms with Crippen LogP contribution in [-0.4, -0.2) is 14.0 Å². The van der Waals surface area contributed by atoms with Crippen molar-refractivity contribution in [3.63, 3.8) is 0 Å². The van der Waals surface area contributed by atoms with Crippen molar-refractivity contribution in [3.8, 4) is 0 Å². The van der Waals surface area contributed by atoms with Gasteiger partial charge in [-0.15, -0.1) is 0 Å². The van der Waals surface area contributed by atoms with Gasteiger partial charge in [-0.3, -0.25) is 0 Å². The maximum atomic E-state index is 12.4. The van der Waals surface area contributed by atoms with Gasteiger partial charge < -0.3 is 0 Å². The number of aryl methyl sites for hydroxylation is 1. The van der Waals surface area contributed by atoms with Gasteiger partial charge in [-0.1, -0.05) is 54.6 Å². The highest BCUT2D eigenvalue weighted by molar-refractivity contribution is 7.88. The summed E-state index contributed by atoms with van der Waals surface area (Å²) in [6.45, 7) is 5.75. The van der Waals surface area contributed by atoms with Crippen molar-refractivity contribution >= 4 is 10.0 Å². The summed E-state index contributed by atoms with van der Waals surface area (Å²) in [4.78, 5) is 0. The van der Waals surface area contributed by atoms with Gasteiger partial charge in [-0.2, -0.15) is 0 Å². The van der Waals surface area contributed by atoms with Gasteiger partial charge in [0.15, 0.2) is 0 Å². The Labute approximate surface area is 133 Å². The van der Waals surface area contributed by atoms with Gasteiger partial charge in [-0.25, -0.2) is 13.1 Å². The van der Waals surface area contributed by atoms with Crippen molar-refractivity contribution in [1.82, 2.24) is 4.72 Å². The maximum Gasteiger partial charge on any atom is 0.216 e. The highest BCUT2D eigenvalue weighted by Gasteiger charge is 2.25. The molecule has 0 radical (unpaired) electrons. The van der Waals surface area contributed by atoms with Crippen LogP contribution in [0.25, 0.3) is 0 Å². The van der Waals surface area contributed by atoms with E-state index in [-0.39, 0.29) is 5.75 Å². The van der Waals surface area contributed by atoms with Crippen molar-refractivity contribution in [2.75, 3.05) is 0 Å². The van der Waals surface area contributed by atoms with Gasteiger partial charge in [0.25, 0.3) is 0 Å². The predicted octanol–water partition coefficient (Wildman–Crippen LogP) is 3.44. The number of rotatable bonds is 6. The Bertz CT molecular complexity index is 722. The lowest BCUT2D eigenvalue weighted by atomic mass is 9.96. The minimum Gasteiger partial charge on any atom is -0.212 e. The van der Waals surface area contributed by atoms with E-state index in [9.17, 15) is 8.42 Å². The van der Waals surface area contributed by atoms with E-state index in [1.54, 1.807) is 0 Å². The van der Waals surface area contributed by atoms with E-state index in [1.807, 2.05) is 75.4 Å². The molecule has 0 unspecified atom stereocenters. The third-order valence-corrected chi connectivity index (χ3v) is 5.08. The zero-order valence-corrected chi connectivity index (χ0v) is 14.2. The van der Waals surface area contributed by atoms with E-state index in [0.29, 0.717) is 6.42 Å². The molecule has 0 aliphatic rings. The third kappa shape index (κ3) is 4.97. The van der Waals surface area contributed by atoms with Crippen LogP contribution in [0.5, 0.6) is 0 Å². The fraction of sp³-hybridized carbons (Fsp3) is 0.333. The van der Waals surface area contributed by atoms with Gasteiger partial charge in [-0.05, 0) is 43.9 Å². The highest BCUT2D eigenvalue weighted by Crippen LogP contribution is 2.16. The molecule has 22 heavy (non-hydrogen) atoms. The summed E-state index contributed by atoms with van der Waals surface area (Å²) in [5.74, 6) is 0.0118. The van der Waals surface area contributed by atoms with Crippen molar-refractivity contribution in [2.45, 2.75) is 38.5 Å². The van der Waals surface area contributed by atoms with Crippen LogP contribution in [-0.2, 0) is 22.2 Å². The number of sulfonamides is 1. The topological polar surface area (TPSA) is 46.2 Å². The molecule has 1 N–H and O–H groups in total. The SMILES string of the molecule is Cc1ccccc1CS(=O)(=O)NC(C)(C)Cc1ccccc1. The highest BCUT2D eigenvalue weighted by atomic mass is 32.2. The summed E-state index contributed by atoms with van der Waals surface area (Å²) in [7, 11) is -3.38. The Morgan fingerprint density at radius 1 is 0.955 bits per heavy atom. The Morgan fingerprint density at radius 2 is 1.55 bits per heavy atom. The van der Waals surface area contributed by atoms with E-state index in [0.717, 1.165) is 16.7 Å². The molecule has 4 heteroatoms. The van der Waals surface area contributed by atoms with Crippen LogP contribution in [0.2, 0.25) is 0 Å². The minimum atomic E-state index is -3.38. The van der Waals surface area contributed by atoms with Crippen molar-refractivity contribution in [3.05, 3.63) is 71.3 Å². The molecule has 2 aromatic carbocycles. The van der Waals surface area contributed by atoms with Gasteiger partial charge >= 0.3 is 0 Å². The van der Waals surface area contributed by atoms with Gasteiger partial charge in [0.05, 0.1) is 5.75 Å². The molecule has 2 rings (SSSR count). The van der Waals surface area contributed by atoms with Crippen LogP contribution in [0, 0.1) is 6.92 Å². The summed E-state index contributed by atoms with van der Waals surface area (Å²) in [5.41, 5.74) is 2.42. The maximum absolute atomic E-state index is 12.4. The minimum absolute atomic E-state index is 0.0118. The smallest absolute Gasteiger partial charge is 0.212 e. The Balaban J connectivity index is 2.09. The van der Waals surface area contributed by atoms with Crippen LogP contribution in [0.3, 0.4) is 0 Å². The summed E-state index contributed by atoms with van der Waals surface area (Å²) in [6.07, 6.45) is 0.654. The molecular weight excluding hydrogens is 294 g/mol. The first-order valence-corrected chi connectivity index (χ1v) is 9.03. The number of benzene rings is 2. The standard InChI is InChI=1S/C18H23NO2S/c1-15-9-7-8-12-17(15)14-22(20,21)19-18(2,3)13-16-10-5-4-6-11-16/h4-12,19H,13-14H2,1-3H3. The lowest BCUT2D eigenvalue weighted by Crippen LogP contribution is -2.45.